The van der Waals surface area contributed by atoms with Crippen LogP contribution < -0.4 is 0 Å². The third kappa shape index (κ3) is 7.26. The van der Waals surface area contributed by atoms with Crippen LogP contribution in [0.25, 0.3) is 0 Å². The van der Waals surface area contributed by atoms with Crippen molar-refractivity contribution in [3.05, 3.63) is 0 Å². The van der Waals surface area contributed by atoms with E-state index in [1.54, 1.807) is 0 Å². The van der Waals surface area contributed by atoms with E-state index in [9.17, 15) is 0 Å². The summed E-state index contributed by atoms with van der Waals surface area (Å²) in [6, 6.07) is 0. The van der Waals surface area contributed by atoms with E-state index in [1.807, 2.05) is 0 Å². The van der Waals surface area contributed by atoms with Gasteiger partial charge in [0.05, 0.1) is 0 Å². The average molecular weight is 196 g/mol. The minimum Gasteiger partial charge on any atom is -0.465 e. The lowest BCUT2D eigenvalue weighted by Gasteiger charge is -2.05. The van der Waals surface area contributed by atoms with Gasteiger partial charge in [0.15, 0.2) is 3.42 Å². The molecular formula is CH5Cl3OSi2. The van der Waals surface area contributed by atoms with E-state index >= 15 is 0 Å². The van der Waals surface area contributed by atoms with Gasteiger partial charge in [-0.05, 0) is 0 Å². The van der Waals surface area contributed by atoms with E-state index in [4.69, 9.17) is 38.9 Å². The van der Waals surface area contributed by atoms with Crippen molar-refractivity contribution in [3.8, 4) is 0 Å². The summed E-state index contributed by atoms with van der Waals surface area (Å²) < 4.78 is 3.71. The van der Waals surface area contributed by atoms with Crippen molar-refractivity contribution in [2.75, 3.05) is 0 Å². The quantitative estimate of drug-likeness (QED) is 0.412. The van der Waals surface area contributed by atoms with Gasteiger partial charge in [-0.15, -0.1) is 0 Å². The van der Waals surface area contributed by atoms with Gasteiger partial charge < -0.3 is 4.12 Å². The summed E-state index contributed by atoms with van der Waals surface area (Å²) in [4.78, 5) is 0. The van der Waals surface area contributed by atoms with Crippen LogP contribution >= 0.6 is 34.8 Å². The van der Waals surface area contributed by atoms with E-state index in [1.165, 1.54) is 0 Å². The largest absolute Gasteiger partial charge is 0.465 e. The van der Waals surface area contributed by atoms with Crippen LogP contribution in [0.15, 0.2) is 0 Å². The molecule has 0 aliphatic heterocycles. The second-order valence-corrected chi connectivity index (χ2v) is 8.57. The maximum Gasteiger partial charge on any atom is 0.204 e. The Kier molecular flexibility index (Phi) is 3.92. The van der Waals surface area contributed by atoms with E-state index in [-0.39, 0.29) is 0 Å². The van der Waals surface area contributed by atoms with Gasteiger partial charge in [-0.1, -0.05) is 34.8 Å². The smallest absolute Gasteiger partial charge is 0.204 e. The van der Waals surface area contributed by atoms with Gasteiger partial charge in [0, 0.05) is 0 Å². The molecule has 0 saturated carbocycles. The zero-order valence-electron chi connectivity index (χ0n) is 3.75. The van der Waals surface area contributed by atoms with Crippen LogP contribution in [0.4, 0.5) is 0 Å². The zero-order chi connectivity index (χ0) is 5.91. The molecule has 44 valence electrons. The van der Waals surface area contributed by atoms with Gasteiger partial charge in [0.25, 0.3) is 0 Å². The molecule has 0 aromatic rings. The van der Waals surface area contributed by atoms with Gasteiger partial charge in [-0.25, -0.2) is 0 Å². The molecule has 0 bridgehead atoms. The molecule has 0 N–H and O–H groups in total. The Morgan fingerprint density at radius 3 is 1.86 bits per heavy atom. The Morgan fingerprint density at radius 2 is 1.86 bits per heavy atom. The fourth-order valence-electron chi connectivity index (χ4n) is 0.164. The highest BCUT2D eigenvalue weighted by molar-refractivity contribution is 6.86. The SMILES string of the molecule is [SiH3]O[SiH2]C(Cl)(Cl)Cl. The molecule has 0 aliphatic carbocycles. The van der Waals surface area contributed by atoms with E-state index in [2.05, 4.69) is 0 Å². The zero-order valence-corrected chi connectivity index (χ0v) is 9.43. The number of halogens is 3. The molecule has 0 aromatic carbocycles. The molecule has 0 aromatic heterocycles. The maximum absolute atomic E-state index is 5.32. The fraction of sp³-hybridized carbons (Fsp3) is 1.00. The summed E-state index contributed by atoms with van der Waals surface area (Å²) in [5.74, 6) is 0. The Bertz CT molecular complexity index is 51.4. The highest BCUT2D eigenvalue weighted by Gasteiger charge is 2.18. The van der Waals surface area contributed by atoms with Crippen LogP contribution in [0.1, 0.15) is 0 Å². The summed E-state index contributed by atoms with van der Waals surface area (Å²) in [5.41, 5.74) is 0. The summed E-state index contributed by atoms with van der Waals surface area (Å²) in [5, 5.41) is 0. The number of alkyl halides is 3. The van der Waals surface area contributed by atoms with Gasteiger partial charge >= 0.3 is 0 Å². The van der Waals surface area contributed by atoms with E-state index in [0.717, 1.165) is 0 Å². The first-order valence-electron chi connectivity index (χ1n) is 1.62. The molecule has 1 nitrogen and oxygen atoms in total. The van der Waals surface area contributed by atoms with Crippen LogP contribution in [-0.2, 0) is 4.12 Å². The first kappa shape index (κ1) is 8.26. The average Bonchev–Trinajstić information content (AvgIpc) is 1.30. The Labute approximate surface area is 62.8 Å². The van der Waals surface area contributed by atoms with E-state index < -0.39 is 13.2 Å². The predicted octanol–water partition coefficient (Wildman–Crippen LogP) is -0.305. The molecule has 0 aliphatic rings. The molecule has 0 amide bonds. The lowest BCUT2D eigenvalue weighted by molar-refractivity contribution is 0.663. The number of rotatable bonds is 1. The summed E-state index contributed by atoms with van der Waals surface area (Å²) in [6.07, 6.45) is 0. The lowest BCUT2D eigenvalue weighted by atomic mass is 11.8. The molecular weight excluding hydrogens is 191 g/mol. The van der Waals surface area contributed by atoms with Gasteiger partial charge in [0.1, 0.15) is 10.5 Å². The normalized spacial score (nSPS) is 14.1. The maximum atomic E-state index is 5.32. The van der Waals surface area contributed by atoms with Crippen LogP contribution in [-0.4, -0.2) is 23.7 Å². The highest BCUT2D eigenvalue weighted by Crippen LogP contribution is 2.23. The predicted molar refractivity (Wildman–Crippen MR) is 39.9 cm³/mol. The Hall–Kier alpha value is 1.26. The second kappa shape index (κ2) is 3.32. The Balaban J connectivity index is 3.15. The van der Waals surface area contributed by atoms with Crippen LogP contribution in [0, 0.1) is 0 Å². The molecule has 0 atom stereocenters. The molecule has 0 saturated heterocycles. The van der Waals surface area contributed by atoms with Crippen molar-refractivity contribution in [3.63, 3.8) is 0 Å². The third-order valence-corrected chi connectivity index (χ3v) is 2.77. The molecule has 0 rings (SSSR count). The number of hydrogen-bond acceptors (Lipinski definition) is 1. The molecule has 0 heterocycles. The topological polar surface area (TPSA) is 9.23 Å². The van der Waals surface area contributed by atoms with Crippen LogP contribution in [0.3, 0.4) is 0 Å². The lowest BCUT2D eigenvalue weighted by Crippen LogP contribution is -2.15. The van der Waals surface area contributed by atoms with Crippen LogP contribution in [0.2, 0.25) is 0 Å². The van der Waals surface area contributed by atoms with Gasteiger partial charge in [-0.2, -0.15) is 0 Å². The molecule has 0 unspecified atom stereocenters. The van der Waals surface area contributed by atoms with Crippen molar-refractivity contribution < 1.29 is 4.12 Å². The van der Waals surface area contributed by atoms with Crippen LogP contribution in [0.5, 0.6) is 0 Å². The molecule has 0 spiro atoms. The third-order valence-electron chi connectivity index (χ3n) is 0.308. The van der Waals surface area contributed by atoms with E-state index in [0.29, 0.717) is 10.5 Å². The summed E-state index contributed by atoms with van der Waals surface area (Å²) in [7, 11) is -0.204. The standard InChI is InChI=1S/CH5Cl3OSi2/c2-1(3,4)7-5-6/h7H2,6H3. The van der Waals surface area contributed by atoms with Crippen molar-refractivity contribution in [1.82, 2.24) is 0 Å². The van der Waals surface area contributed by atoms with Crippen molar-refractivity contribution in [1.29, 1.82) is 0 Å². The minimum absolute atomic E-state index is 0.678. The molecule has 6 heteroatoms. The number of hydrogen-bond donors (Lipinski definition) is 0. The first-order chi connectivity index (χ1) is 3.06. The second-order valence-electron chi connectivity index (χ2n) is 1.05. The highest BCUT2D eigenvalue weighted by atomic mass is 35.6. The van der Waals surface area contributed by atoms with Gasteiger partial charge in [0.2, 0.25) is 9.76 Å². The van der Waals surface area contributed by atoms with Crippen molar-refractivity contribution >= 4 is 55.1 Å². The molecule has 7 heavy (non-hydrogen) atoms. The fourth-order valence-corrected chi connectivity index (χ4v) is 4.42. The first-order valence-corrected chi connectivity index (χ1v) is 4.85. The molecule has 0 fully saturated rings. The van der Waals surface area contributed by atoms with Gasteiger partial charge in [-0.3, -0.25) is 0 Å². The summed E-state index contributed by atoms with van der Waals surface area (Å²) in [6.45, 7) is 0. The van der Waals surface area contributed by atoms with Crippen molar-refractivity contribution in [2.45, 2.75) is 3.42 Å². The molecule has 0 radical (unpaired) electrons. The minimum atomic E-state index is -1.08. The Morgan fingerprint density at radius 1 is 1.43 bits per heavy atom. The monoisotopic (exact) mass is 194 g/mol. The van der Waals surface area contributed by atoms with Crippen molar-refractivity contribution in [2.24, 2.45) is 0 Å². The summed E-state index contributed by atoms with van der Waals surface area (Å²) >= 11 is 16.0.